The first-order valence-electron chi connectivity index (χ1n) is 9.26. The number of rotatable bonds is 4. The van der Waals surface area contributed by atoms with Crippen molar-refractivity contribution in [3.63, 3.8) is 0 Å². The first-order valence-corrected chi connectivity index (χ1v) is 9.64. The predicted molar refractivity (Wildman–Crippen MR) is 108 cm³/mol. The molecule has 4 rings (SSSR count). The van der Waals surface area contributed by atoms with E-state index in [1.807, 2.05) is 37.3 Å². The Morgan fingerprint density at radius 1 is 1.14 bits per heavy atom. The van der Waals surface area contributed by atoms with Gasteiger partial charge in [-0.2, -0.15) is 0 Å². The molecule has 1 N–H and O–H groups in total. The van der Waals surface area contributed by atoms with Gasteiger partial charge < -0.3 is 10.2 Å². The summed E-state index contributed by atoms with van der Waals surface area (Å²) in [7, 11) is 0. The van der Waals surface area contributed by atoms with Gasteiger partial charge in [0.05, 0.1) is 5.69 Å². The summed E-state index contributed by atoms with van der Waals surface area (Å²) in [5, 5.41) is 8.08. The van der Waals surface area contributed by atoms with E-state index in [4.69, 9.17) is 11.6 Å². The van der Waals surface area contributed by atoms with Gasteiger partial charge in [-0.05, 0) is 56.2 Å². The van der Waals surface area contributed by atoms with Crippen LogP contribution in [0.25, 0.3) is 5.69 Å². The standard InChI is InChI=1S/C20H21ClN6O/c1-14-23-19(25-27(14)17-7-5-15(21)6-8-17)20(28)24-16-9-12-26(13-10-16)18-4-2-3-11-22-18/h2-8,11,16H,9-10,12-13H2,1H3,(H,24,28). The second-order valence-corrected chi connectivity index (χ2v) is 7.23. The highest BCUT2D eigenvalue weighted by atomic mass is 35.5. The summed E-state index contributed by atoms with van der Waals surface area (Å²) in [5.74, 6) is 1.57. The van der Waals surface area contributed by atoms with Gasteiger partial charge >= 0.3 is 0 Å². The van der Waals surface area contributed by atoms with Crippen LogP contribution >= 0.6 is 11.6 Å². The van der Waals surface area contributed by atoms with Crippen molar-refractivity contribution >= 4 is 23.3 Å². The van der Waals surface area contributed by atoms with Gasteiger partial charge in [0.25, 0.3) is 5.91 Å². The second kappa shape index (κ2) is 7.98. The van der Waals surface area contributed by atoms with Crippen molar-refractivity contribution in [3.05, 3.63) is 65.3 Å². The number of aryl methyl sites for hydroxylation is 1. The van der Waals surface area contributed by atoms with Crippen LogP contribution in [0.2, 0.25) is 5.02 Å². The summed E-state index contributed by atoms with van der Waals surface area (Å²) in [6.07, 6.45) is 3.52. The van der Waals surface area contributed by atoms with Gasteiger partial charge in [0.1, 0.15) is 11.6 Å². The lowest BCUT2D eigenvalue weighted by atomic mass is 10.0. The third-order valence-electron chi connectivity index (χ3n) is 4.85. The fourth-order valence-corrected chi connectivity index (χ4v) is 3.48. The number of nitrogens with zero attached hydrogens (tertiary/aromatic N) is 5. The number of hydrogen-bond donors (Lipinski definition) is 1. The lowest BCUT2D eigenvalue weighted by Crippen LogP contribution is -2.45. The molecule has 1 fully saturated rings. The number of hydrogen-bond acceptors (Lipinski definition) is 5. The highest BCUT2D eigenvalue weighted by Gasteiger charge is 2.24. The number of carbonyl (C=O) groups is 1. The van der Waals surface area contributed by atoms with Gasteiger partial charge in [-0.25, -0.2) is 14.6 Å². The average molecular weight is 397 g/mol. The van der Waals surface area contributed by atoms with Crippen molar-refractivity contribution in [1.82, 2.24) is 25.1 Å². The van der Waals surface area contributed by atoms with E-state index in [9.17, 15) is 4.79 Å². The van der Waals surface area contributed by atoms with Crippen LogP contribution in [0.4, 0.5) is 5.82 Å². The van der Waals surface area contributed by atoms with Crippen molar-refractivity contribution in [2.45, 2.75) is 25.8 Å². The Balaban J connectivity index is 1.38. The highest BCUT2D eigenvalue weighted by molar-refractivity contribution is 6.30. The Morgan fingerprint density at radius 2 is 1.89 bits per heavy atom. The Hall–Kier alpha value is -2.93. The Morgan fingerprint density at radius 3 is 2.57 bits per heavy atom. The van der Waals surface area contributed by atoms with Crippen LogP contribution in [-0.4, -0.2) is 44.8 Å². The molecule has 3 aromatic rings. The van der Waals surface area contributed by atoms with Crippen LogP contribution < -0.4 is 10.2 Å². The molecule has 7 nitrogen and oxygen atoms in total. The third kappa shape index (κ3) is 3.99. The molecule has 1 aromatic carbocycles. The van der Waals surface area contributed by atoms with Gasteiger partial charge in [-0.15, -0.1) is 5.10 Å². The zero-order valence-electron chi connectivity index (χ0n) is 15.5. The first kappa shape index (κ1) is 18.4. The van der Waals surface area contributed by atoms with Crippen molar-refractivity contribution in [2.24, 2.45) is 0 Å². The minimum atomic E-state index is -0.243. The van der Waals surface area contributed by atoms with Gasteiger partial charge in [0.15, 0.2) is 0 Å². The summed E-state index contributed by atoms with van der Waals surface area (Å²) in [4.78, 5) is 23.6. The summed E-state index contributed by atoms with van der Waals surface area (Å²) >= 11 is 5.94. The molecule has 1 amide bonds. The topological polar surface area (TPSA) is 75.9 Å². The number of piperidine rings is 1. The van der Waals surface area contributed by atoms with Crippen LogP contribution in [-0.2, 0) is 0 Å². The molecule has 2 aromatic heterocycles. The van der Waals surface area contributed by atoms with Crippen LogP contribution in [0.5, 0.6) is 0 Å². The largest absolute Gasteiger partial charge is 0.356 e. The van der Waals surface area contributed by atoms with E-state index in [1.54, 1.807) is 23.0 Å². The smallest absolute Gasteiger partial charge is 0.291 e. The van der Waals surface area contributed by atoms with Crippen molar-refractivity contribution in [3.8, 4) is 5.69 Å². The minimum Gasteiger partial charge on any atom is -0.356 e. The maximum Gasteiger partial charge on any atom is 0.291 e. The summed E-state index contributed by atoms with van der Waals surface area (Å²) in [6.45, 7) is 3.53. The summed E-state index contributed by atoms with van der Waals surface area (Å²) < 4.78 is 1.65. The van der Waals surface area contributed by atoms with Crippen LogP contribution in [0.1, 0.15) is 29.3 Å². The molecule has 1 aliphatic heterocycles. The van der Waals surface area contributed by atoms with Crippen molar-refractivity contribution in [1.29, 1.82) is 0 Å². The van der Waals surface area contributed by atoms with E-state index in [2.05, 4.69) is 25.3 Å². The summed E-state index contributed by atoms with van der Waals surface area (Å²) in [6, 6.07) is 13.3. The molecule has 28 heavy (non-hydrogen) atoms. The van der Waals surface area contributed by atoms with Crippen LogP contribution in [0.3, 0.4) is 0 Å². The fourth-order valence-electron chi connectivity index (χ4n) is 3.36. The average Bonchev–Trinajstić information content (AvgIpc) is 3.12. The monoisotopic (exact) mass is 396 g/mol. The van der Waals surface area contributed by atoms with Gasteiger partial charge in [0.2, 0.25) is 5.82 Å². The molecule has 1 aliphatic rings. The zero-order valence-corrected chi connectivity index (χ0v) is 16.3. The number of amides is 1. The highest BCUT2D eigenvalue weighted by Crippen LogP contribution is 2.18. The SMILES string of the molecule is Cc1nc(C(=O)NC2CCN(c3ccccn3)CC2)nn1-c1ccc(Cl)cc1. The number of aromatic nitrogens is 4. The number of pyridine rings is 1. The Labute approximate surface area is 168 Å². The van der Waals surface area contributed by atoms with Gasteiger partial charge in [0, 0.05) is 30.4 Å². The molecular formula is C20H21ClN6O. The van der Waals surface area contributed by atoms with Crippen LogP contribution in [0.15, 0.2) is 48.7 Å². The molecule has 0 bridgehead atoms. The molecule has 144 valence electrons. The lowest BCUT2D eigenvalue weighted by Gasteiger charge is -2.32. The van der Waals surface area contributed by atoms with E-state index >= 15 is 0 Å². The molecule has 8 heteroatoms. The first-order chi connectivity index (χ1) is 13.6. The van der Waals surface area contributed by atoms with Crippen LogP contribution in [0, 0.1) is 6.92 Å². The molecular weight excluding hydrogens is 376 g/mol. The molecule has 0 aliphatic carbocycles. The van der Waals surface area contributed by atoms with E-state index in [1.165, 1.54) is 0 Å². The normalized spacial score (nSPS) is 14.9. The van der Waals surface area contributed by atoms with Gasteiger partial charge in [-0.1, -0.05) is 17.7 Å². The molecule has 0 spiro atoms. The van der Waals surface area contributed by atoms with E-state index < -0.39 is 0 Å². The Bertz CT molecular complexity index is 949. The van der Waals surface area contributed by atoms with Crippen molar-refractivity contribution in [2.75, 3.05) is 18.0 Å². The van der Waals surface area contributed by atoms with E-state index in [0.29, 0.717) is 10.8 Å². The molecule has 0 atom stereocenters. The summed E-state index contributed by atoms with van der Waals surface area (Å²) in [5.41, 5.74) is 0.817. The van der Waals surface area contributed by atoms with E-state index in [-0.39, 0.29) is 17.8 Å². The van der Waals surface area contributed by atoms with Gasteiger partial charge in [-0.3, -0.25) is 4.79 Å². The van der Waals surface area contributed by atoms with Crippen molar-refractivity contribution < 1.29 is 4.79 Å². The molecule has 0 saturated carbocycles. The lowest BCUT2D eigenvalue weighted by molar-refractivity contribution is 0.0920. The number of halogens is 1. The molecule has 0 unspecified atom stereocenters. The number of carbonyl (C=O) groups excluding carboxylic acids is 1. The quantitative estimate of drug-likeness (QED) is 0.733. The fraction of sp³-hybridized carbons (Fsp3) is 0.300. The second-order valence-electron chi connectivity index (χ2n) is 6.79. The number of benzene rings is 1. The van der Waals surface area contributed by atoms with E-state index in [0.717, 1.165) is 37.4 Å². The zero-order chi connectivity index (χ0) is 19.5. The molecule has 3 heterocycles. The maximum absolute atomic E-state index is 12.6. The predicted octanol–water partition coefficient (Wildman–Crippen LogP) is 3.02. The molecule has 0 radical (unpaired) electrons. The molecule has 1 saturated heterocycles. The maximum atomic E-state index is 12.6. The Kier molecular flexibility index (Phi) is 5.25. The number of anilines is 1. The third-order valence-corrected chi connectivity index (χ3v) is 5.10. The minimum absolute atomic E-state index is 0.107. The number of nitrogens with one attached hydrogen (secondary N) is 1.